The molecule has 0 radical (unpaired) electrons. The third-order valence-electron chi connectivity index (χ3n) is 3.63. The van der Waals surface area contributed by atoms with Gasteiger partial charge in [0.2, 0.25) is 0 Å². The van der Waals surface area contributed by atoms with Crippen molar-refractivity contribution in [2.45, 2.75) is 31.6 Å². The normalized spacial score (nSPS) is 23.0. The summed E-state index contributed by atoms with van der Waals surface area (Å²) in [4.78, 5) is 0. The van der Waals surface area contributed by atoms with Crippen molar-refractivity contribution in [1.82, 2.24) is 5.32 Å². The summed E-state index contributed by atoms with van der Waals surface area (Å²) < 4.78 is 0. The predicted molar refractivity (Wildman–Crippen MR) is 68.8 cm³/mol. The van der Waals surface area contributed by atoms with Crippen molar-refractivity contribution in [3.63, 3.8) is 0 Å². The maximum Gasteiger partial charge on any atom is 0.00201 e. The first kappa shape index (κ1) is 11.6. The van der Waals surface area contributed by atoms with Crippen molar-refractivity contribution >= 4 is 0 Å². The summed E-state index contributed by atoms with van der Waals surface area (Å²) in [7, 11) is 0. The smallest absolute Gasteiger partial charge is 0.00201 e. The van der Waals surface area contributed by atoms with Crippen LogP contribution in [0.5, 0.6) is 0 Å². The SMILES string of the molecule is CC(CN)c1ccc(C2CCCNC2)cc1. The number of hydrogen-bond acceptors (Lipinski definition) is 2. The first-order valence-electron chi connectivity index (χ1n) is 6.32. The number of piperidine rings is 1. The lowest BCUT2D eigenvalue weighted by atomic mass is 9.90. The highest BCUT2D eigenvalue weighted by atomic mass is 14.9. The van der Waals surface area contributed by atoms with Crippen LogP contribution in [0.25, 0.3) is 0 Å². The molecule has 2 atom stereocenters. The Morgan fingerprint density at radius 1 is 1.38 bits per heavy atom. The average Bonchev–Trinajstić information content (AvgIpc) is 2.39. The Morgan fingerprint density at radius 2 is 2.12 bits per heavy atom. The molecule has 0 saturated carbocycles. The molecule has 3 N–H and O–H groups in total. The summed E-state index contributed by atoms with van der Waals surface area (Å²) in [6.07, 6.45) is 2.62. The zero-order chi connectivity index (χ0) is 11.4. The van der Waals surface area contributed by atoms with Gasteiger partial charge in [0.15, 0.2) is 0 Å². The molecule has 1 aromatic rings. The number of nitrogens with two attached hydrogens (primary N) is 1. The van der Waals surface area contributed by atoms with Gasteiger partial charge in [0.25, 0.3) is 0 Å². The highest BCUT2D eigenvalue weighted by Crippen LogP contribution is 2.24. The zero-order valence-electron chi connectivity index (χ0n) is 10.1. The van der Waals surface area contributed by atoms with E-state index in [4.69, 9.17) is 5.73 Å². The van der Waals surface area contributed by atoms with E-state index in [1.807, 2.05) is 0 Å². The minimum Gasteiger partial charge on any atom is -0.330 e. The second-order valence-electron chi connectivity index (χ2n) is 4.85. The van der Waals surface area contributed by atoms with Crippen molar-refractivity contribution in [3.8, 4) is 0 Å². The topological polar surface area (TPSA) is 38.0 Å². The van der Waals surface area contributed by atoms with E-state index in [1.54, 1.807) is 0 Å². The summed E-state index contributed by atoms with van der Waals surface area (Å²) in [5.41, 5.74) is 8.50. The van der Waals surface area contributed by atoms with Gasteiger partial charge in [0.1, 0.15) is 0 Å². The van der Waals surface area contributed by atoms with E-state index < -0.39 is 0 Å². The Morgan fingerprint density at radius 3 is 2.69 bits per heavy atom. The van der Waals surface area contributed by atoms with Crippen molar-refractivity contribution in [1.29, 1.82) is 0 Å². The van der Waals surface area contributed by atoms with E-state index in [-0.39, 0.29) is 0 Å². The molecule has 2 heteroatoms. The first-order valence-corrected chi connectivity index (χ1v) is 6.32. The summed E-state index contributed by atoms with van der Waals surface area (Å²) in [6.45, 7) is 5.21. The minimum atomic E-state index is 0.471. The van der Waals surface area contributed by atoms with Crippen molar-refractivity contribution in [3.05, 3.63) is 35.4 Å². The van der Waals surface area contributed by atoms with Crippen molar-refractivity contribution in [2.75, 3.05) is 19.6 Å². The van der Waals surface area contributed by atoms with Gasteiger partial charge in [-0.2, -0.15) is 0 Å². The van der Waals surface area contributed by atoms with Crippen LogP contribution in [-0.4, -0.2) is 19.6 Å². The molecule has 2 rings (SSSR count). The first-order chi connectivity index (χ1) is 7.81. The molecule has 2 nitrogen and oxygen atoms in total. The monoisotopic (exact) mass is 218 g/mol. The van der Waals surface area contributed by atoms with E-state index in [0.29, 0.717) is 11.8 Å². The predicted octanol–water partition coefficient (Wildman–Crippen LogP) is 2.22. The van der Waals surface area contributed by atoms with Gasteiger partial charge in [-0.15, -0.1) is 0 Å². The maximum atomic E-state index is 5.67. The minimum absolute atomic E-state index is 0.471. The van der Waals surface area contributed by atoms with E-state index in [1.165, 1.54) is 30.5 Å². The Labute approximate surface area is 98.2 Å². The average molecular weight is 218 g/mol. The fourth-order valence-corrected chi connectivity index (χ4v) is 2.37. The van der Waals surface area contributed by atoms with E-state index in [9.17, 15) is 0 Å². The summed E-state index contributed by atoms with van der Waals surface area (Å²) in [6, 6.07) is 9.03. The third kappa shape index (κ3) is 2.63. The lowest BCUT2D eigenvalue weighted by Gasteiger charge is -2.23. The van der Waals surface area contributed by atoms with Gasteiger partial charge in [-0.1, -0.05) is 31.2 Å². The van der Waals surface area contributed by atoms with Crippen LogP contribution in [0.4, 0.5) is 0 Å². The van der Waals surface area contributed by atoms with Crippen molar-refractivity contribution in [2.24, 2.45) is 5.73 Å². The number of hydrogen-bond donors (Lipinski definition) is 2. The van der Waals surface area contributed by atoms with Crippen LogP contribution < -0.4 is 11.1 Å². The van der Waals surface area contributed by atoms with E-state index in [2.05, 4.69) is 36.5 Å². The molecule has 0 spiro atoms. The van der Waals surface area contributed by atoms with Crippen LogP contribution in [0.3, 0.4) is 0 Å². The van der Waals surface area contributed by atoms with E-state index in [0.717, 1.165) is 13.1 Å². The Bertz CT molecular complexity index is 312. The largest absolute Gasteiger partial charge is 0.330 e. The molecule has 1 aromatic carbocycles. The third-order valence-corrected chi connectivity index (χ3v) is 3.63. The molecule has 0 aromatic heterocycles. The molecule has 0 amide bonds. The molecule has 1 heterocycles. The second kappa shape index (κ2) is 5.46. The van der Waals surface area contributed by atoms with Crippen LogP contribution in [-0.2, 0) is 0 Å². The zero-order valence-corrected chi connectivity index (χ0v) is 10.1. The lowest BCUT2D eigenvalue weighted by molar-refractivity contribution is 0.461. The van der Waals surface area contributed by atoms with Gasteiger partial charge < -0.3 is 11.1 Å². The van der Waals surface area contributed by atoms with Crippen molar-refractivity contribution < 1.29 is 0 Å². The molecule has 1 fully saturated rings. The fraction of sp³-hybridized carbons (Fsp3) is 0.571. The highest BCUT2D eigenvalue weighted by molar-refractivity contribution is 5.28. The molecule has 88 valence electrons. The van der Waals surface area contributed by atoms with Gasteiger partial charge in [0, 0.05) is 6.54 Å². The molecular weight excluding hydrogens is 196 g/mol. The highest BCUT2D eigenvalue weighted by Gasteiger charge is 2.14. The molecule has 0 aliphatic carbocycles. The van der Waals surface area contributed by atoms with Crippen LogP contribution in [0.1, 0.15) is 42.7 Å². The maximum absolute atomic E-state index is 5.67. The van der Waals surface area contributed by atoms with Gasteiger partial charge in [-0.05, 0) is 48.9 Å². The molecule has 2 unspecified atom stereocenters. The van der Waals surface area contributed by atoms with Gasteiger partial charge in [-0.3, -0.25) is 0 Å². The van der Waals surface area contributed by atoms with Crippen LogP contribution in [0.2, 0.25) is 0 Å². The van der Waals surface area contributed by atoms with Crippen LogP contribution in [0, 0.1) is 0 Å². The summed E-state index contributed by atoms with van der Waals surface area (Å²) in [5, 5.41) is 3.46. The summed E-state index contributed by atoms with van der Waals surface area (Å²) in [5.74, 6) is 1.18. The molecule has 1 saturated heterocycles. The van der Waals surface area contributed by atoms with Crippen LogP contribution >= 0.6 is 0 Å². The van der Waals surface area contributed by atoms with E-state index >= 15 is 0 Å². The van der Waals surface area contributed by atoms with Gasteiger partial charge in [0.05, 0.1) is 0 Å². The van der Waals surface area contributed by atoms with Gasteiger partial charge in [-0.25, -0.2) is 0 Å². The molecule has 16 heavy (non-hydrogen) atoms. The summed E-state index contributed by atoms with van der Waals surface area (Å²) >= 11 is 0. The Balaban J connectivity index is 2.06. The Hall–Kier alpha value is -0.860. The fourth-order valence-electron chi connectivity index (χ4n) is 2.37. The lowest BCUT2D eigenvalue weighted by Crippen LogP contribution is -2.28. The quantitative estimate of drug-likeness (QED) is 0.816. The Kier molecular flexibility index (Phi) is 3.97. The second-order valence-corrected chi connectivity index (χ2v) is 4.85. The molecule has 0 bridgehead atoms. The number of nitrogens with one attached hydrogen (secondary N) is 1. The van der Waals surface area contributed by atoms with Crippen LogP contribution in [0.15, 0.2) is 24.3 Å². The number of benzene rings is 1. The van der Waals surface area contributed by atoms with Gasteiger partial charge >= 0.3 is 0 Å². The standard InChI is InChI=1S/C14H22N2/c1-11(9-15)12-4-6-13(7-5-12)14-3-2-8-16-10-14/h4-7,11,14,16H,2-3,8-10,15H2,1H3. The number of rotatable bonds is 3. The molecular formula is C14H22N2. The molecule has 1 aliphatic rings. The molecule has 1 aliphatic heterocycles.